The molecule has 156 valence electrons. The predicted octanol–water partition coefficient (Wildman–Crippen LogP) is 4.98. The fourth-order valence-electron chi connectivity index (χ4n) is 3.53. The highest BCUT2D eigenvalue weighted by atomic mass is 79.9. The van der Waals surface area contributed by atoms with Gasteiger partial charge >= 0.3 is 0 Å². The van der Waals surface area contributed by atoms with Gasteiger partial charge < -0.3 is 14.6 Å². The molecule has 0 radical (unpaired) electrons. The molecule has 0 aliphatic carbocycles. The molecule has 0 atom stereocenters. The Morgan fingerprint density at radius 2 is 1.52 bits per heavy atom. The van der Waals surface area contributed by atoms with Crippen LogP contribution in [0.2, 0.25) is 0 Å². The van der Waals surface area contributed by atoms with E-state index in [9.17, 15) is 0 Å². The smallest absolute Gasteiger partial charge is 0.136 e. The van der Waals surface area contributed by atoms with E-state index in [4.69, 9.17) is 4.42 Å². The van der Waals surface area contributed by atoms with Crippen LogP contribution in [0.4, 0.5) is 5.69 Å². The molecule has 1 heterocycles. The molecular formula is C27H25BrN2O. The first kappa shape index (κ1) is 21.0. The van der Waals surface area contributed by atoms with Crippen molar-refractivity contribution in [3.05, 3.63) is 111 Å². The molecule has 0 unspecified atom stereocenters. The number of hydrogen-bond donors (Lipinski definition) is 1. The van der Waals surface area contributed by atoms with E-state index >= 15 is 0 Å². The van der Waals surface area contributed by atoms with E-state index in [2.05, 4.69) is 92.9 Å². The van der Waals surface area contributed by atoms with E-state index < -0.39 is 0 Å². The summed E-state index contributed by atoms with van der Waals surface area (Å²) in [7, 11) is 6.01. The molecule has 0 saturated carbocycles. The minimum Gasteiger partial charge on any atom is -0.456 e. The van der Waals surface area contributed by atoms with E-state index in [0.29, 0.717) is 0 Å². The van der Waals surface area contributed by atoms with E-state index in [-0.39, 0.29) is 0 Å². The van der Waals surface area contributed by atoms with E-state index in [1.165, 1.54) is 0 Å². The summed E-state index contributed by atoms with van der Waals surface area (Å²) in [6.07, 6.45) is 1.98. The highest BCUT2D eigenvalue weighted by molar-refractivity contribution is 9.10. The molecule has 1 aromatic heterocycles. The molecular weight excluding hydrogens is 448 g/mol. The second-order valence-corrected chi connectivity index (χ2v) is 8.46. The van der Waals surface area contributed by atoms with Crippen molar-refractivity contribution in [3.8, 4) is 11.3 Å². The topological polar surface area (TPSA) is 28.4 Å². The molecule has 0 aliphatic rings. The molecule has 1 N–H and O–H groups in total. The summed E-state index contributed by atoms with van der Waals surface area (Å²) in [6.45, 7) is 0. The summed E-state index contributed by atoms with van der Waals surface area (Å²) in [5.74, 6) is 1.70. The van der Waals surface area contributed by atoms with Crippen LogP contribution in [-0.2, 0) is 0 Å². The van der Waals surface area contributed by atoms with Gasteiger partial charge in [0.25, 0.3) is 0 Å². The first-order valence-corrected chi connectivity index (χ1v) is 11.0. The Morgan fingerprint density at radius 1 is 0.839 bits per heavy atom. The van der Waals surface area contributed by atoms with Crippen LogP contribution in [-0.4, -0.2) is 21.1 Å². The number of benzene rings is 3. The normalized spacial score (nSPS) is 10.6. The third-order valence-corrected chi connectivity index (χ3v) is 5.69. The van der Waals surface area contributed by atoms with Crippen LogP contribution in [0.3, 0.4) is 0 Å². The fraction of sp³-hybridized carbons (Fsp3) is 0.111. The number of halogens is 1. The molecule has 0 bridgehead atoms. The molecule has 3 nitrogen and oxygen atoms in total. The first-order chi connectivity index (χ1) is 15.0. The fourth-order valence-corrected chi connectivity index (χ4v) is 3.80. The van der Waals surface area contributed by atoms with Crippen molar-refractivity contribution in [1.82, 2.24) is 5.32 Å². The number of hydrogen-bond acceptors (Lipinski definition) is 3. The van der Waals surface area contributed by atoms with Crippen LogP contribution in [0.15, 0.2) is 93.8 Å². The van der Waals surface area contributed by atoms with Gasteiger partial charge in [-0.05, 0) is 52.4 Å². The summed E-state index contributed by atoms with van der Waals surface area (Å²) < 4.78 is 7.40. The monoisotopic (exact) mass is 472 g/mol. The molecule has 4 aromatic rings. The molecule has 0 saturated heterocycles. The molecule has 0 fully saturated rings. The molecule has 0 amide bonds. The van der Waals surface area contributed by atoms with Gasteiger partial charge in [0.15, 0.2) is 0 Å². The molecule has 0 spiro atoms. The zero-order chi connectivity index (χ0) is 21.8. The Labute approximate surface area is 191 Å². The minimum atomic E-state index is 0.848. The highest BCUT2D eigenvalue weighted by Gasteiger charge is 2.13. The molecule has 4 rings (SSSR count). The van der Waals surface area contributed by atoms with Gasteiger partial charge in [-0.25, -0.2) is 0 Å². The van der Waals surface area contributed by atoms with Gasteiger partial charge in [-0.3, -0.25) is 0 Å². The second-order valence-electron chi connectivity index (χ2n) is 7.54. The van der Waals surface area contributed by atoms with Crippen molar-refractivity contribution >= 4 is 33.4 Å². The lowest BCUT2D eigenvalue weighted by Gasteiger charge is -2.13. The lowest BCUT2D eigenvalue weighted by molar-refractivity contribution is 0.568. The van der Waals surface area contributed by atoms with Crippen LogP contribution >= 0.6 is 15.9 Å². The summed E-state index contributed by atoms with van der Waals surface area (Å²) >= 11 is 3.50. The van der Waals surface area contributed by atoms with Crippen LogP contribution in [0.5, 0.6) is 0 Å². The van der Waals surface area contributed by atoms with E-state index in [1.807, 2.05) is 45.5 Å². The zero-order valence-electron chi connectivity index (χ0n) is 17.9. The third kappa shape index (κ3) is 4.75. The van der Waals surface area contributed by atoms with Crippen molar-refractivity contribution in [2.75, 3.05) is 26.0 Å². The average molecular weight is 473 g/mol. The first-order valence-electron chi connectivity index (χ1n) is 10.2. The zero-order valence-corrected chi connectivity index (χ0v) is 19.5. The lowest BCUT2D eigenvalue weighted by Crippen LogP contribution is -2.14. The summed E-state index contributed by atoms with van der Waals surface area (Å²) in [6, 6.07) is 29.3. The minimum absolute atomic E-state index is 0.848. The maximum Gasteiger partial charge on any atom is 0.136 e. The van der Waals surface area contributed by atoms with Crippen molar-refractivity contribution in [2.45, 2.75) is 0 Å². The van der Waals surface area contributed by atoms with Gasteiger partial charge in [0.1, 0.15) is 11.5 Å². The molecule has 3 aromatic carbocycles. The number of furan rings is 1. The van der Waals surface area contributed by atoms with Crippen molar-refractivity contribution in [1.29, 1.82) is 0 Å². The average Bonchev–Trinajstić information content (AvgIpc) is 3.26. The van der Waals surface area contributed by atoms with Crippen molar-refractivity contribution < 1.29 is 4.42 Å². The van der Waals surface area contributed by atoms with Crippen molar-refractivity contribution in [2.24, 2.45) is 0 Å². The standard InChI is InChI=1S/C27H25BrN2O/c1-29-18-19-4-6-21(7-5-19)27(22-10-14-24(15-11-22)30(2)3)26-17-16-25(31-26)20-8-12-23(28)13-9-20/h4-18,29H,1-3H3. The highest BCUT2D eigenvalue weighted by Crippen LogP contribution is 2.29. The van der Waals surface area contributed by atoms with Gasteiger partial charge in [-0.2, -0.15) is 0 Å². The Kier molecular flexibility index (Phi) is 6.28. The van der Waals surface area contributed by atoms with Gasteiger partial charge in [-0.15, -0.1) is 0 Å². The second kappa shape index (κ2) is 9.27. The van der Waals surface area contributed by atoms with E-state index in [0.717, 1.165) is 48.8 Å². The van der Waals surface area contributed by atoms with Crippen LogP contribution in [0.25, 0.3) is 23.1 Å². The Bertz CT molecular complexity index is 1260. The van der Waals surface area contributed by atoms with Gasteiger partial charge in [0, 0.05) is 48.6 Å². The maximum atomic E-state index is 6.35. The van der Waals surface area contributed by atoms with Gasteiger partial charge in [-0.1, -0.05) is 64.5 Å². The molecule has 31 heavy (non-hydrogen) atoms. The quantitative estimate of drug-likeness (QED) is 0.443. The molecule has 4 heteroatoms. The Hall–Kier alpha value is -3.24. The van der Waals surface area contributed by atoms with Gasteiger partial charge in [0.2, 0.25) is 0 Å². The maximum absolute atomic E-state index is 6.35. The SMILES string of the molecule is CNC=c1ccc(=C(c2ccc(N(C)C)cc2)c2ccc(-c3ccc(Br)cc3)o2)cc1. The number of anilines is 1. The predicted molar refractivity (Wildman–Crippen MR) is 133 cm³/mol. The number of nitrogens with one attached hydrogen (secondary N) is 1. The third-order valence-electron chi connectivity index (χ3n) is 5.16. The number of nitrogens with zero attached hydrogens (tertiary/aromatic N) is 1. The van der Waals surface area contributed by atoms with Crippen molar-refractivity contribution in [3.63, 3.8) is 0 Å². The Morgan fingerprint density at radius 3 is 2.13 bits per heavy atom. The lowest BCUT2D eigenvalue weighted by atomic mass is 10.00. The summed E-state index contributed by atoms with van der Waals surface area (Å²) in [5, 5.41) is 5.32. The summed E-state index contributed by atoms with van der Waals surface area (Å²) in [5.41, 5.74) is 4.41. The van der Waals surface area contributed by atoms with E-state index in [1.54, 1.807) is 0 Å². The molecule has 0 aliphatic heterocycles. The van der Waals surface area contributed by atoms with Crippen LogP contribution < -0.4 is 20.7 Å². The largest absolute Gasteiger partial charge is 0.456 e. The number of rotatable bonds is 5. The van der Waals surface area contributed by atoms with Gasteiger partial charge in [0.05, 0.1) is 0 Å². The summed E-state index contributed by atoms with van der Waals surface area (Å²) in [4.78, 5) is 2.10. The van der Waals surface area contributed by atoms with Crippen LogP contribution in [0, 0.1) is 0 Å². The van der Waals surface area contributed by atoms with Crippen LogP contribution in [0.1, 0.15) is 11.3 Å². The Balaban J connectivity index is 1.86.